The highest BCUT2D eigenvalue weighted by molar-refractivity contribution is 5.33. The summed E-state index contributed by atoms with van der Waals surface area (Å²) >= 11 is 0. The first-order valence-electron chi connectivity index (χ1n) is 7.79. The Morgan fingerprint density at radius 2 is 2.00 bits per heavy atom. The first-order valence-corrected chi connectivity index (χ1v) is 7.79. The molecule has 2 rings (SSSR count). The van der Waals surface area contributed by atoms with Crippen LogP contribution in [0.3, 0.4) is 0 Å². The van der Waals surface area contributed by atoms with E-state index in [4.69, 9.17) is 4.74 Å². The average molecular weight is 275 g/mol. The Balaban J connectivity index is 1.94. The molecule has 1 aliphatic rings. The lowest BCUT2D eigenvalue weighted by atomic mass is 9.91. The van der Waals surface area contributed by atoms with E-state index >= 15 is 0 Å². The number of para-hydroxylation sites is 1. The van der Waals surface area contributed by atoms with Crippen molar-refractivity contribution in [3.63, 3.8) is 0 Å². The molecule has 3 atom stereocenters. The largest absolute Gasteiger partial charge is 0.496 e. The Kier molecular flexibility index (Phi) is 4.74. The minimum Gasteiger partial charge on any atom is -0.496 e. The Morgan fingerprint density at radius 1 is 1.30 bits per heavy atom. The van der Waals surface area contributed by atoms with Gasteiger partial charge in [0, 0.05) is 12.1 Å². The lowest BCUT2D eigenvalue weighted by Gasteiger charge is -2.24. The summed E-state index contributed by atoms with van der Waals surface area (Å²) in [5.41, 5.74) is 1.78. The van der Waals surface area contributed by atoms with Crippen molar-refractivity contribution >= 4 is 0 Å². The Labute approximate surface area is 123 Å². The lowest BCUT2D eigenvalue weighted by Crippen LogP contribution is -2.39. The van der Waals surface area contributed by atoms with Gasteiger partial charge >= 0.3 is 0 Å². The van der Waals surface area contributed by atoms with E-state index in [0.29, 0.717) is 17.5 Å². The SMILES string of the molecule is COc1ccccc1CC(C)NC1CC(C)(C)CC1C. The summed E-state index contributed by atoms with van der Waals surface area (Å²) in [6.45, 7) is 9.43. The third-order valence-corrected chi connectivity index (χ3v) is 4.55. The van der Waals surface area contributed by atoms with E-state index in [1.807, 2.05) is 12.1 Å². The highest BCUT2D eigenvalue weighted by atomic mass is 16.5. The number of nitrogens with one attached hydrogen (secondary N) is 1. The minimum atomic E-state index is 0.479. The van der Waals surface area contributed by atoms with Crippen LogP contribution in [0, 0.1) is 11.3 Å². The van der Waals surface area contributed by atoms with Gasteiger partial charge in [-0.15, -0.1) is 0 Å². The molecule has 0 spiro atoms. The molecular weight excluding hydrogens is 246 g/mol. The molecule has 1 aliphatic carbocycles. The predicted molar refractivity (Wildman–Crippen MR) is 85.3 cm³/mol. The third-order valence-electron chi connectivity index (χ3n) is 4.55. The maximum Gasteiger partial charge on any atom is 0.122 e. The zero-order chi connectivity index (χ0) is 14.8. The fourth-order valence-corrected chi connectivity index (χ4v) is 3.74. The van der Waals surface area contributed by atoms with Crippen LogP contribution >= 0.6 is 0 Å². The molecule has 1 aromatic carbocycles. The van der Waals surface area contributed by atoms with Gasteiger partial charge in [0.25, 0.3) is 0 Å². The molecule has 0 radical (unpaired) electrons. The van der Waals surface area contributed by atoms with Crippen LogP contribution in [0.1, 0.15) is 46.1 Å². The summed E-state index contributed by atoms with van der Waals surface area (Å²) in [5, 5.41) is 3.83. The van der Waals surface area contributed by atoms with Crippen LogP contribution in [0.25, 0.3) is 0 Å². The van der Waals surface area contributed by atoms with Gasteiger partial charge < -0.3 is 10.1 Å². The average Bonchev–Trinajstić information content (AvgIpc) is 2.62. The molecule has 112 valence electrons. The van der Waals surface area contributed by atoms with Crippen molar-refractivity contribution in [3.05, 3.63) is 29.8 Å². The number of benzene rings is 1. The highest BCUT2D eigenvalue weighted by Gasteiger charge is 2.36. The molecule has 3 unspecified atom stereocenters. The number of methoxy groups -OCH3 is 1. The normalized spacial score (nSPS) is 26.4. The molecular formula is C18H29NO. The third kappa shape index (κ3) is 3.76. The predicted octanol–water partition coefficient (Wildman–Crippen LogP) is 4.04. The van der Waals surface area contributed by atoms with Crippen molar-refractivity contribution in [2.45, 2.75) is 59.0 Å². The maximum atomic E-state index is 5.44. The van der Waals surface area contributed by atoms with E-state index in [-0.39, 0.29) is 0 Å². The second-order valence-corrected chi connectivity index (χ2v) is 7.24. The van der Waals surface area contributed by atoms with Crippen LogP contribution in [-0.2, 0) is 6.42 Å². The van der Waals surface area contributed by atoms with E-state index in [9.17, 15) is 0 Å². The van der Waals surface area contributed by atoms with Crippen LogP contribution in [-0.4, -0.2) is 19.2 Å². The molecule has 20 heavy (non-hydrogen) atoms. The molecule has 2 heteroatoms. The van der Waals surface area contributed by atoms with E-state index in [2.05, 4.69) is 45.1 Å². The summed E-state index contributed by atoms with van der Waals surface area (Å²) in [6.07, 6.45) is 3.63. The van der Waals surface area contributed by atoms with Crippen molar-refractivity contribution in [2.24, 2.45) is 11.3 Å². The first-order chi connectivity index (χ1) is 9.41. The van der Waals surface area contributed by atoms with Gasteiger partial charge in [-0.25, -0.2) is 0 Å². The zero-order valence-corrected chi connectivity index (χ0v) is 13.6. The van der Waals surface area contributed by atoms with Gasteiger partial charge in [0.15, 0.2) is 0 Å². The molecule has 1 aromatic rings. The summed E-state index contributed by atoms with van der Waals surface area (Å²) in [4.78, 5) is 0. The molecule has 1 saturated carbocycles. The van der Waals surface area contributed by atoms with Crippen LogP contribution in [0.5, 0.6) is 5.75 Å². The maximum absolute atomic E-state index is 5.44. The molecule has 1 N–H and O–H groups in total. The van der Waals surface area contributed by atoms with E-state index in [1.165, 1.54) is 18.4 Å². The Morgan fingerprint density at radius 3 is 2.60 bits per heavy atom. The fourth-order valence-electron chi connectivity index (χ4n) is 3.74. The number of ether oxygens (including phenoxy) is 1. The first kappa shape index (κ1) is 15.4. The van der Waals surface area contributed by atoms with Gasteiger partial charge in [-0.1, -0.05) is 39.0 Å². The summed E-state index contributed by atoms with van der Waals surface area (Å²) in [5.74, 6) is 1.77. The second kappa shape index (κ2) is 6.17. The van der Waals surface area contributed by atoms with Crippen LogP contribution in [0.15, 0.2) is 24.3 Å². The number of hydrogen-bond acceptors (Lipinski definition) is 2. The molecule has 1 fully saturated rings. The van der Waals surface area contributed by atoms with E-state index < -0.39 is 0 Å². The molecule has 2 nitrogen and oxygen atoms in total. The Hall–Kier alpha value is -1.02. The van der Waals surface area contributed by atoms with Gasteiger partial charge in [0.1, 0.15) is 5.75 Å². The lowest BCUT2D eigenvalue weighted by molar-refractivity contribution is 0.352. The van der Waals surface area contributed by atoms with Crippen LogP contribution < -0.4 is 10.1 Å². The van der Waals surface area contributed by atoms with Gasteiger partial charge in [-0.05, 0) is 49.1 Å². The molecule has 0 heterocycles. The molecule has 0 amide bonds. The summed E-state index contributed by atoms with van der Waals surface area (Å²) in [6, 6.07) is 9.46. The smallest absolute Gasteiger partial charge is 0.122 e. The number of rotatable bonds is 5. The number of hydrogen-bond donors (Lipinski definition) is 1. The second-order valence-electron chi connectivity index (χ2n) is 7.24. The van der Waals surface area contributed by atoms with E-state index in [1.54, 1.807) is 7.11 Å². The standard InChI is InChI=1S/C18H29NO/c1-13-11-18(3,4)12-16(13)19-14(2)10-15-8-6-7-9-17(15)20-5/h6-9,13-14,16,19H,10-12H2,1-5H3. The highest BCUT2D eigenvalue weighted by Crippen LogP contribution is 2.41. The monoisotopic (exact) mass is 275 g/mol. The van der Waals surface area contributed by atoms with Crippen molar-refractivity contribution in [2.75, 3.05) is 7.11 Å². The van der Waals surface area contributed by atoms with Gasteiger partial charge in [-0.2, -0.15) is 0 Å². The van der Waals surface area contributed by atoms with Crippen LogP contribution in [0.4, 0.5) is 0 Å². The Bertz CT molecular complexity index is 441. The van der Waals surface area contributed by atoms with E-state index in [0.717, 1.165) is 18.1 Å². The minimum absolute atomic E-state index is 0.479. The van der Waals surface area contributed by atoms with Crippen molar-refractivity contribution < 1.29 is 4.74 Å². The summed E-state index contributed by atoms with van der Waals surface area (Å²) in [7, 11) is 1.75. The zero-order valence-electron chi connectivity index (χ0n) is 13.6. The van der Waals surface area contributed by atoms with Gasteiger partial charge in [0.05, 0.1) is 7.11 Å². The topological polar surface area (TPSA) is 21.3 Å². The summed E-state index contributed by atoms with van der Waals surface area (Å²) < 4.78 is 5.44. The van der Waals surface area contributed by atoms with Gasteiger partial charge in [0.2, 0.25) is 0 Å². The van der Waals surface area contributed by atoms with Crippen molar-refractivity contribution in [1.82, 2.24) is 5.32 Å². The molecule has 0 aromatic heterocycles. The quantitative estimate of drug-likeness (QED) is 0.875. The molecule has 0 bridgehead atoms. The molecule has 0 saturated heterocycles. The van der Waals surface area contributed by atoms with Gasteiger partial charge in [-0.3, -0.25) is 0 Å². The van der Waals surface area contributed by atoms with Crippen molar-refractivity contribution in [1.29, 1.82) is 0 Å². The van der Waals surface area contributed by atoms with Crippen LogP contribution in [0.2, 0.25) is 0 Å². The fraction of sp³-hybridized carbons (Fsp3) is 0.667. The van der Waals surface area contributed by atoms with Crippen molar-refractivity contribution in [3.8, 4) is 5.75 Å². The molecule has 0 aliphatic heterocycles.